The maximum absolute atomic E-state index is 12.0. The van der Waals surface area contributed by atoms with Crippen LogP contribution in [0.25, 0.3) is 5.82 Å². The molecule has 0 aliphatic heterocycles. The molecule has 0 unspecified atom stereocenters. The molecular weight excluding hydrogens is 287 g/mol. The van der Waals surface area contributed by atoms with Crippen LogP contribution < -0.4 is 0 Å². The van der Waals surface area contributed by atoms with E-state index in [0.717, 1.165) is 12.4 Å². The van der Waals surface area contributed by atoms with E-state index in [9.17, 15) is 14.0 Å². The van der Waals surface area contributed by atoms with Crippen LogP contribution in [0.4, 0.5) is 4.39 Å². The van der Waals surface area contributed by atoms with Gasteiger partial charge in [-0.1, -0.05) is 0 Å². The molecule has 0 atom stereocenters. The standard InChI is InChI=1S/C9H7N3O.C6H4FNO/c13-7-8-2-3-9(10-6-8)12-5-1-4-11-12;7-6-2-1-5(4-9)3-8-6/h1-7H;1-4H. The summed E-state index contributed by atoms with van der Waals surface area (Å²) >= 11 is 0. The second-order valence-electron chi connectivity index (χ2n) is 4.05. The summed E-state index contributed by atoms with van der Waals surface area (Å²) in [5.41, 5.74) is 0.951. The number of halogens is 1. The fourth-order valence-corrected chi connectivity index (χ4v) is 1.46. The molecule has 0 fully saturated rings. The van der Waals surface area contributed by atoms with Gasteiger partial charge in [0.15, 0.2) is 18.4 Å². The Hall–Kier alpha value is -3.22. The van der Waals surface area contributed by atoms with Gasteiger partial charge in [0.05, 0.1) is 0 Å². The molecule has 3 rings (SSSR count). The van der Waals surface area contributed by atoms with Gasteiger partial charge in [-0.2, -0.15) is 9.49 Å². The van der Waals surface area contributed by atoms with Gasteiger partial charge in [-0.3, -0.25) is 9.59 Å². The van der Waals surface area contributed by atoms with Crippen LogP contribution in [0.1, 0.15) is 20.7 Å². The zero-order chi connectivity index (χ0) is 15.8. The van der Waals surface area contributed by atoms with Crippen molar-refractivity contribution in [2.75, 3.05) is 0 Å². The van der Waals surface area contributed by atoms with Gasteiger partial charge >= 0.3 is 0 Å². The minimum absolute atomic E-state index is 0.386. The van der Waals surface area contributed by atoms with Gasteiger partial charge in [0, 0.05) is 35.9 Å². The molecule has 0 aliphatic carbocycles. The summed E-state index contributed by atoms with van der Waals surface area (Å²) in [5.74, 6) is 0.135. The molecule has 0 radical (unpaired) electrons. The van der Waals surface area contributed by atoms with Crippen LogP contribution in [0.15, 0.2) is 55.1 Å². The van der Waals surface area contributed by atoms with Crippen LogP contribution in [0, 0.1) is 5.95 Å². The Kier molecular flexibility index (Phi) is 5.20. The summed E-state index contributed by atoms with van der Waals surface area (Å²) in [4.78, 5) is 27.6. The van der Waals surface area contributed by atoms with Crippen molar-refractivity contribution in [3.63, 3.8) is 0 Å². The van der Waals surface area contributed by atoms with E-state index in [1.807, 2.05) is 6.07 Å². The van der Waals surface area contributed by atoms with Crippen LogP contribution in [-0.4, -0.2) is 32.3 Å². The fraction of sp³-hybridized carbons (Fsp3) is 0. The van der Waals surface area contributed by atoms with E-state index in [4.69, 9.17) is 0 Å². The minimum atomic E-state index is -0.569. The number of carbonyl (C=O) groups excluding carboxylic acids is 2. The molecule has 0 N–H and O–H groups in total. The smallest absolute Gasteiger partial charge is 0.212 e. The average Bonchev–Trinajstić information content (AvgIpc) is 3.11. The van der Waals surface area contributed by atoms with Gasteiger partial charge in [-0.15, -0.1) is 0 Å². The molecule has 3 heterocycles. The number of carbonyl (C=O) groups is 2. The number of aromatic nitrogens is 4. The highest BCUT2D eigenvalue weighted by molar-refractivity contribution is 5.74. The Bertz CT molecular complexity index is 725. The molecule has 7 heteroatoms. The highest BCUT2D eigenvalue weighted by atomic mass is 19.1. The van der Waals surface area contributed by atoms with E-state index >= 15 is 0 Å². The van der Waals surface area contributed by atoms with Crippen LogP contribution in [0.2, 0.25) is 0 Å². The van der Waals surface area contributed by atoms with E-state index in [-0.39, 0.29) is 0 Å². The first-order chi connectivity index (χ1) is 10.7. The maximum atomic E-state index is 12.0. The first-order valence-corrected chi connectivity index (χ1v) is 6.21. The molecule has 3 aromatic rings. The number of rotatable bonds is 3. The van der Waals surface area contributed by atoms with E-state index < -0.39 is 5.95 Å². The third-order valence-electron chi connectivity index (χ3n) is 2.53. The largest absolute Gasteiger partial charge is 0.298 e. The molecule has 0 bridgehead atoms. The maximum Gasteiger partial charge on any atom is 0.212 e. The number of hydrogen-bond donors (Lipinski definition) is 0. The highest BCUT2D eigenvalue weighted by Crippen LogP contribution is 2.02. The average molecular weight is 298 g/mol. The van der Waals surface area contributed by atoms with E-state index in [2.05, 4.69) is 15.1 Å². The number of aldehydes is 2. The summed E-state index contributed by atoms with van der Waals surface area (Å²) < 4.78 is 13.6. The van der Waals surface area contributed by atoms with Gasteiger partial charge in [-0.25, -0.2) is 14.6 Å². The van der Waals surface area contributed by atoms with Crippen LogP contribution in [0.3, 0.4) is 0 Å². The van der Waals surface area contributed by atoms with Gasteiger partial charge in [-0.05, 0) is 30.3 Å². The predicted octanol–water partition coefficient (Wildman–Crippen LogP) is 2.11. The number of pyridine rings is 2. The highest BCUT2D eigenvalue weighted by Gasteiger charge is 1.96. The second-order valence-corrected chi connectivity index (χ2v) is 4.05. The molecule has 0 saturated carbocycles. The molecule has 3 aromatic heterocycles. The fourth-order valence-electron chi connectivity index (χ4n) is 1.46. The van der Waals surface area contributed by atoms with Crippen LogP contribution in [0.5, 0.6) is 0 Å². The molecule has 0 aromatic carbocycles. The Morgan fingerprint density at radius 1 is 0.955 bits per heavy atom. The molecule has 110 valence electrons. The summed E-state index contributed by atoms with van der Waals surface area (Å²) in [7, 11) is 0. The number of hydrogen-bond acceptors (Lipinski definition) is 5. The lowest BCUT2D eigenvalue weighted by Crippen LogP contribution is -1.97. The minimum Gasteiger partial charge on any atom is -0.298 e. The molecule has 6 nitrogen and oxygen atoms in total. The van der Waals surface area contributed by atoms with E-state index in [0.29, 0.717) is 23.2 Å². The van der Waals surface area contributed by atoms with Crippen LogP contribution in [-0.2, 0) is 0 Å². The predicted molar refractivity (Wildman–Crippen MR) is 76.3 cm³/mol. The quantitative estimate of drug-likeness (QED) is 0.546. The SMILES string of the molecule is O=Cc1ccc(-n2cccn2)nc1.O=Cc1ccc(F)nc1. The van der Waals surface area contributed by atoms with Crippen LogP contribution >= 0.6 is 0 Å². The van der Waals surface area contributed by atoms with E-state index in [1.54, 1.807) is 29.2 Å². The first-order valence-electron chi connectivity index (χ1n) is 6.21. The zero-order valence-electron chi connectivity index (χ0n) is 11.3. The van der Waals surface area contributed by atoms with Crippen molar-refractivity contribution in [2.24, 2.45) is 0 Å². The Morgan fingerprint density at radius 2 is 1.64 bits per heavy atom. The summed E-state index contributed by atoms with van der Waals surface area (Å²) in [6.07, 6.45) is 7.55. The van der Waals surface area contributed by atoms with Crippen molar-refractivity contribution in [3.05, 3.63) is 72.2 Å². The molecular formula is C15H11FN4O2. The Labute approximate surface area is 125 Å². The van der Waals surface area contributed by atoms with E-state index in [1.165, 1.54) is 18.5 Å². The van der Waals surface area contributed by atoms with Crippen molar-refractivity contribution >= 4 is 12.6 Å². The summed E-state index contributed by atoms with van der Waals surface area (Å²) in [6.45, 7) is 0. The monoisotopic (exact) mass is 298 g/mol. The second kappa shape index (κ2) is 7.53. The normalized spacial score (nSPS) is 9.50. The third-order valence-corrected chi connectivity index (χ3v) is 2.53. The molecule has 0 saturated heterocycles. The summed E-state index contributed by atoms with van der Waals surface area (Å²) in [6, 6.07) is 7.78. The molecule has 22 heavy (non-hydrogen) atoms. The van der Waals surface area contributed by atoms with Gasteiger partial charge in [0.2, 0.25) is 5.95 Å². The van der Waals surface area contributed by atoms with Gasteiger partial charge in [0.1, 0.15) is 0 Å². The first kappa shape index (κ1) is 15.2. The molecule has 0 amide bonds. The molecule has 0 spiro atoms. The van der Waals surface area contributed by atoms with Crippen molar-refractivity contribution in [3.8, 4) is 5.82 Å². The van der Waals surface area contributed by atoms with Crippen molar-refractivity contribution in [1.29, 1.82) is 0 Å². The van der Waals surface area contributed by atoms with Gasteiger partial charge in [0.25, 0.3) is 0 Å². The molecule has 0 aliphatic rings. The lowest BCUT2D eigenvalue weighted by Gasteiger charge is -1.98. The lowest BCUT2D eigenvalue weighted by molar-refractivity contribution is 0.111. The van der Waals surface area contributed by atoms with Gasteiger partial charge < -0.3 is 0 Å². The van der Waals surface area contributed by atoms with Crippen molar-refractivity contribution in [1.82, 2.24) is 19.7 Å². The Morgan fingerprint density at radius 3 is 2.09 bits per heavy atom. The topological polar surface area (TPSA) is 77.7 Å². The third kappa shape index (κ3) is 4.14. The Balaban J connectivity index is 0.000000172. The zero-order valence-corrected chi connectivity index (χ0v) is 11.3. The van der Waals surface area contributed by atoms with Crippen molar-refractivity contribution in [2.45, 2.75) is 0 Å². The lowest BCUT2D eigenvalue weighted by atomic mass is 10.3. The number of nitrogens with zero attached hydrogens (tertiary/aromatic N) is 4. The van der Waals surface area contributed by atoms with Crippen molar-refractivity contribution < 1.29 is 14.0 Å². The summed E-state index contributed by atoms with van der Waals surface area (Å²) in [5, 5.41) is 4.01.